The minimum Gasteiger partial charge on any atom is -0.382 e. The minimum atomic E-state index is -1.04. The lowest BCUT2D eigenvalue weighted by Gasteiger charge is -2.26. The first-order valence-electron chi connectivity index (χ1n) is 7.35. The Balaban J connectivity index is 2.03. The zero-order valence-electron chi connectivity index (χ0n) is 13.1. The molecule has 0 unspecified atom stereocenters. The van der Waals surface area contributed by atoms with E-state index < -0.39 is 34.3 Å². The van der Waals surface area contributed by atoms with Gasteiger partial charge in [0, 0.05) is 13.2 Å². The molecule has 1 heterocycles. The summed E-state index contributed by atoms with van der Waals surface area (Å²) in [4.78, 5) is 36.1. The average Bonchev–Trinajstić information content (AvgIpc) is 2.84. The normalized spacial score (nSPS) is 14.6. The molecule has 1 atom stereocenters. The maximum atomic E-state index is 14.0. The third-order valence-corrected chi connectivity index (χ3v) is 4.01. The van der Waals surface area contributed by atoms with Crippen molar-refractivity contribution in [1.29, 1.82) is 0 Å². The van der Waals surface area contributed by atoms with Crippen molar-refractivity contribution in [2.24, 2.45) is 0 Å². The van der Waals surface area contributed by atoms with E-state index >= 15 is 0 Å². The molecule has 0 aromatic heterocycles. The van der Waals surface area contributed by atoms with Crippen molar-refractivity contribution in [3.63, 3.8) is 0 Å². The molecular weight excluding hydrogens is 331 g/mol. The van der Waals surface area contributed by atoms with Crippen molar-refractivity contribution in [1.82, 2.24) is 4.90 Å². The number of hydrogen-bond acceptors (Lipinski definition) is 5. The van der Waals surface area contributed by atoms with Gasteiger partial charge in [-0.3, -0.25) is 24.6 Å². The maximum absolute atomic E-state index is 14.0. The van der Waals surface area contributed by atoms with Gasteiger partial charge < -0.3 is 4.74 Å². The molecule has 1 aliphatic rings. The van der Waals surface area contributed by atoms with Gasteiger partial charge in [0.05, 0.1) is 28.7 Å². The highest BCUT2D eigenvalue weighted by molar-refractivity contribution is 6.21. The molecule has 0 N–H and O–H groups in total. The van der Waals surface area contributed by atoms with Gasteiger partial charge >= 0.3 is 5.69 Å². The zero-order chi connectivity index (χ0) is 18.1. The topological polar surface area (TPSA) is 89.8 Å². The van der Waals surface area contributed by atoms with E-state index in [4.69, 9.17) is 4.74 Å². The highest BCUT2D eigenvalue weighted by Gasteiger charge is 2.40. The van der Waals surface area contributed by atoms with Gasteiger partial charge in [-0.25, -0.2) is 0 Å². The summed E-state index contributed by atoms with van der Waals surface area (Å²) in [6, 6.07) is 8.74. The first-order chi connectivity index (χ1) is 12.0. The van der Waals surface area contributed by atoms with Crippen molar-refractivity contribution in [2.45, 2.75) is 6.04 Å². The van der Waals surface area contributed by atoms with E-state index in [-0.39, 0.29) is 23.3 Å². The van der Waals surface area contributed by atoms with Gasteiger partial charge in [0.15, 0.2) is 0 Å². The molecule has 1 aliphatic heterocycles. The lowest BCUT2D eigenvalue weighted by Crippen LogP contribution is -2.36. The molecule has 2 aromatic rings. The Morgan fingerprint density at radius 2 is 1.76 bits per heavy atom. The van der Waals surface area contributed by atoms with Crippen molar-refractivity contribution in [2.75, 3.05) is 13.7 Å². The number of imide groups is 1. The second-order valence-corrected chi connectivity index (χ2v) is 5.46. The van der Waals surface area contributed by atoms with Gasteiger partial charge in [0.1, 0.15) is 0 Å². The summed E-state index contributed by atoms with van der Waals surface area (Å²) in [6.45, 7) is -0.0667. The number of amides is 2. The van der Waals surface area contributed by atoms with Crippen LogP contribution in [-0.4, -0.2) is 35.4 Å². The van der Waals surface area contributed by atoms with Crippen LogP contribution in [0.25, 0.3) is 0 Å². The molecule has 7 nitrogen and oxygen atoms in total. The smallest absolute Gasteiger partial charge is 0.304 e. The van der Waals surface area contributed by atoms with Crippen molar-refractivity contribution < 1.29 is 23.6 Å². The van der Waals surface area contributed by atoms with Crippen LogP contribution in [0.3, 0.4) is 0 Å². The highest BCUT2D eigenvalue weighted by atomic mass is 19.1. The van der Waals surface area contributed by atoms with Crippen LogP contribution in [0, 0.1) is 15.9 Å². The lowest BCUT2D eigenvalue weighted by molar-refractivity contribution is -0.387. The summed E-state index contributed by atoms with van der Waals surface area (Å²) in [5.74, 6) is -2.07. The molecule has 0 radical (unpaired) electrons. The fourth-order valence-electron chi connectivity index (χ4n) is 2.85. The molecule has 2 aromatic carbocycles. The molecule has 0 aliphatic carbocycles. The predicted molar refractivity (Wildman–Crippen MR) is 84.6 cm³/mol. The number of rotatable bonds is 5. The van der Waals surface area contributed by atoms with Crippen molar-refractivity contribution >= 4 is 17.5 Å². The van der Waals surface area contributed by atoms with Gasteiger partial charge in [-0.2, -0.15) is 4.39 Å². The number of nitro benzene ring substituents is 1. The van der Waals surface area contributed by atoms with E-state index in [0.29, 0.717) is 0 Å². The van der Waals surface area contributed by atoms with Crippen LogP contribution in [0.2, 0.25) is 0 Å². The third-order valence-electron chi connectivity index (χ3n) is 4.01. The Morgan fingerprint density at radius 1 is 1.16 bits per heavy atom. The number of fused-ring (bicyclic) bond motifs is 1. The SMILES string of the molecule is COC[C@@H](c1ccc([N+](=O)[O-])c(F)c1)N1C(=O)c2ccccc2C1=O. The average molecular weight is 344 g/mol. The van der Waals surface area contributed by atoms with Gasteiger partial charge in [-0.05, 0) is 29.8 Å². The minimum absolute atomic E-state index is 0.0667. The summed E-state index contributed by atoms with van der Waals surface area (Å²) in [6.07, 6.45) is 0. The van der Waals surface area contributed by atoms with Crippen LogP contribution in [-0.2, 0) is 4.74 Å². The Kier molecular flexibility index (Phi) is 4.28. The second kappa shape index (κ2) is 6.40. The molecule has 0 saturated carbocycles. The predicted octanol–water partition coefficient (Wildman–Crippen LogP) is 2.72. The quantitative estimate of drug-likeness (QED) is 0.473. The molecule has 0 bridgehead atoms. The molecule has 128 valence electrons. The fraction of sp³-hybridized carbons (Fsp3) is 0.176. The van der Waals surface area contributed by atoms with Crippen molar-refractivity contribution in [3.05, 3.63) is 75.1 Å². The molecule has 2 amide bonds. The van der Waals surface area contributed by atoms with E-state index in [1.54, 1.807) is 12.1 Å². The number of nitro groups is 1. The van der Waals surface area contributed by atoms with Crippen LogP contribution in [0.1, 0.15) is 32.3 Å². The monoisotopic (exact) mass is 344 g/mol. The largest absolute Gasteiger partial charge is 0.382 e. The Labute approximate surface area is 141 Å². The summed E-state index contributed by atoms with van der Waals surface area (Å²) >= 11 is 0. The van der Waals surface area contributed by atoms with Crippen LogP contribution in [0.4, 0.5) is 10.1 Å². The van der Waals surface area contributed by atoms with Crippen LogP contribution in [0.15, 0.2) is 42.5 Å². The van der Waals surface area contributed by atoms with Gasteiger partial charge in [0.2, 0.25) is 5.82 Å². The number of carbonyl (C=O) groups is 2. The number of methoxy groups -OCH3 is 1. The van der Waals surface area contributed by atoms with Crippen LogP contribution in [0.5, 0.6) is 0 Å². The summed E-state index contributed by atoms with van der Waals surface area (Å²) in [7, 11) is 1.38. The van der Waals surface area contributed by atoms with Crippen LogP contribution >= 0.6 is 0 Å². The first kappa shape index (κ1) is 16.7. The highest BCUT2D eigenvalue weighted by Crippen LogP contribution is 2.33. The third kappa shape index (κ3) is 2.76. The number of ether oxygens (including phenoxy) is 1. The Hall–Kier alpha value is -3.13. The number of hydrogen-bond donors (Lipinski definition) is 0. The summed E-state index contributed by atoms with van der Waals surface area (Å²) in [5.41, 5.74) is 0.0775. The number of carbonyl (C=O) groups excluding carboxylic acids is 2. The van der Waals surface area contributed by atoms with Gasteiger partial charge in [-0.1, -0.05) is 12.1 Å². The molecule has 3 rings (SSSR count). The maximum Gasteiger partial charge on any atom is 0.304 e. The standard InChI is InChI=1S/C17H13FN2O5/c1-25-9-15(10-6-7-14(20(23)24)13(18)8-10)19-16(21)11-4-2-3-5-12(11)17(19)22/h2-8,15H,9H2,1H3/t15-/m0/s1. The molecule has 0 spiro atoms. The number of benzene rings is 2. The van der Waals surface area contributed by atoms with E-state index in [1.807, 2.05) is 0 Å². The van der Waals surface area contributed by atoms with E-state index in [0.717, 1.165) is 17.0 Å². The summed E-state index contributed by atoms with van der Waals surface area (Å²) in [5, 5.41) is 10.8. The lowest BCUT2D eigenvalue weighted by atomic mass is 10.0. The Bertz CT molecular complexity index is 848. The number of halogens is 1. The van der Waals surface area contributed by atoms with Crippen molar-refractivity contribution in [3.8, 4) is 0 Å². The van der Waals surface area contributed by atoms with Crippen LogP contribution < -0.4 is 0 Å². The van der Waals surface area contributed by atoms with Gasteiger partial charge in [-0.15, -0.1) is 0 Å². The molecule has 0 saturated heterocycles. The van der Waals surface area contributed by atoms with E-state index in [1.165, 1.54) is 25.3 Å². The molecule has 0 fully saturated rings. The zero-order valence-corrected chi connectivity index (χ0v) is 13.1. The Morgan fingerprint density at radius 3 is 2.24 bits per heavy atom. The molecule has 25 heavy (non-hydrogen) atoms. The summed E-state index contributed by atoms with van der Waals surface area (Å²) < 4.78 is 19.1. The first-order valence-corrected chi connectivity index (χ1v) is 7.35. The van der Waals surface area contributed by atoms with Gasteiger partial charge in [0.25, 0.3) is 11.8 Å². The van der Waals surface area contributed by atoms with E-state index in [2.05, 4.69) is 0 Å². The number of nitrogens with zero attached hydrogens (tertiary/aromatic N) is 2. The molecular formula is C17H13FN2O5. The fourth-order valence-corrected chi connectivity index (χ4v) is 2.85. The second-order valence-electron chi connectivity index (χ2n) is 5.46. The van der Waals surface area contributed by atoms with E-state index in [9.17, 15) is 24.1 Å². The molecule has 8 heteroatoms.